The van der Waals surface area contributed by atoms with Gasteiger partial charge in [0.15, 0.2) is 0 Å². The number of carbonyl (C=O) groups excluding carboxylic acids is 2. The number of halogens is 1. The number of amides is 3. The third kappa shape index (κ3) is 6.03. The van der Waals surface area contributed by atoms with E-state index in [1.807, 2.05) is 49.4 Å². The molecule has 2 aromatic carbocycles. The quantitative estimate of drug-likeness (QED) is 0.603. The second-order valence-electron chi connectivity index (χ2n) is 7.51. The number of methoxy groups -OCH3 is 2. The van der Waals surface area contributed by atoms with E-state index in [4.69, 9.17) is 21.1 Å². The molecule has 0 spiro atoms. The summed E-state index contributed by atoms with van der Waals surface area (Å²) in [5, 5.41) is 9.40. The van der Waals surface area contributed by atoms with Gasteiger partial charge in [0.1, 0.15) is 12.3 Å². The van der Waals surface area contributed by atoms with Crippen molar-refractivity contribution in [1.29, 1.82) is 0 Å². The van der Waals surface area contributed by atoms with E-state index < -0.39 is 0 Å². The molecule has 3 rings (SSSR count). The minimum atomic E-state index is -0.383. The third-order valence-electron chi connectivity index (χ3n) is 5.34. The van der Waals surface area contributed by atoms with Gasteiger partial charge < -0.3 is 19.7 Å². The van der Waals surface area contributed by atoms with Crippen LogP contribution in [0.3, 0.4) is 0 Å². The molecule has 0 saturated heterocycles. The molecule has 0 fully saturated rings. The minimum Gasteiger partial charge on any atom is -0.497 e. The second-order valence-corrected chi connectivity index (χ2v) is 7.92. The van der Waals surface area contributed by atoms with E-state index in [0.717, 1.165) is 16.8 Å². The zero-order valence-electron chi connectivity index (χ0n) is 19.1. The fraction of sp³-hybridized carbons (Fsp3) is 0.375. The van der Waals surface area contributed by atoms with Gasteiger partial charge >= 0.3 is 6.03 Å². The normalized spacial score (nSPS) is 15.2. The SMILES string of the molecule is CCNC(=O)N(CCOC)CC(=O)N1N=C(c2cccc(OC)c2)C[C@@H]1c1ccccc1Cl. The number of carbonyl (C=O) groups is 2. The number of ether oxygens (including phenoxy) is 2. The van der Waals surface area contributed by atoms with Crippen LogP contribution in [0.2, 0.25) is 5.02 Å². The van der Waals surface area contributed by atoms with Crippen molar-refractivity contribution in [3.05, 3.63) is 64.7 Å². The molecule has 176 valence electrons. The Bertz CT molecular complexity index is 1010. The van der Waals surface area contributed by atoms with Crippen molar-refractivity contribution in [2.24, 2.45) is 5.10 Å². The van der Waals surface area contributed by atoms with E-state index >= 15 is 0 Å². The molecule has 1 heterocycles. The molecule has 0 aromatic heterocycles. The van der Waals surface area contributed by atoms with Gasteiger partial charge in [-0.15, -0.1) is 0 Å². The van der Waals surface area contributed by atoms with Crippen molar-refractivity contribution in [2.75, 3.05) is 40.5 Å². The first-order chi connectivity index (χ1) is 16.0. The third-order valence-corrected chi connectivity index (χ3v) is 5.68. The van der Waals surface area contributed by atoms with E-state index in [2.05, 4.69) is 10.4 Å². The molecule has 33 heavy (non-hydrogen) atoms. The predicted octanol–water partition coefficient (Wildman–Crippen LogP) is 3.70. The van der Waals surface area contributed by atoms with Crippen LogP contribution < -0.4 is 10.1 Å². The van der Waals surface area contributed by atoms with Crippen molar-refractivity contribution in [3.8, 4) is 5.75 Å². The van der Waals surface area contributed by atoms with Gasteiger partial charge in [-0.05, 0) is 30.7 Å². The van der Waals surface area contributed by atoms with E-state index in [9.17, 15) is 9.59 Å². The Morgan fingerprint density at radius 2 is 2.00 bits per heavy atom. The highest BCUT2D eigenvalue weighted by Crippen LogP contribution is 2.36. The molecule has 0 unspecified atom stereocenters. The number of benzene rings is 2. The van der Waals surface area contributed by atoms with Crippen LogP contribution in [0.15, 0.2) is 53.6 Å². The number of hydrogen-bond donors (Lipinski definition) is 1. The Labute approximate surface area is 199 Å². The summed E-state index contributed by atoms with van der Waals surface area (Å²) in [6, 6.07) is 14.3. The number of hydrazone groups is 1. The Morgan fingerprint density at radius 1 is 1.21 bits per heavy atom. The van der Waals surface area contributed by atoms with Crippen molar-refractivity contribution in [3.63, 3.8) is 0 Å². The van der Waals surface area contributed by atoms with Crippen molar-refractivity contribution < 1.29 is 19.1 Å². The van der Waals surface area contributed by atoms with Gasteiger partial charge in [-0.2, -0.15) is 5.10 Å². The molecule has 0 saturated carbocycles. The van der Waals surface area contributed by atoms with Crippen molar-refractivity contribution in [1.82, 2.24) is 15.2 Å². The van der Waals surface area contributed by atoms with Crippen molar-refractivity contribution in [2.45, 2.75) is 19.4 Å². The van der Waals surface area contributed by atoms with Crippen LogP contribution in [0.25, 0.3) is 0 Å². The topological polar surface area (TPSA) is 83.5 Å². The average molecular weight is 473 g/mol. The summed E-state index contributed by atoms with van der Waals surface area (Å²) in [6.45, 7) is 2.75. The summed E-state index contributed by atoms with van der Waals surface area (Å²) in [4.78, 5) is 27.3. The van der Waals surface area contributed by atoms with Crippen LogP contribution in [0, 0.1) is 0 Å². The van der Waals surface area contributed by atoms with Gasteiger partial charge in [0.05, 0.1) is 25.5 Å². The number of nitrogens with zero attached hydrogens (tertiary/aromatic N) is 3. The molecule has 1 aliphatic rings. The van der Waals surface area contributed by atoms with Gasteiger partial charge in [-0.1, -0.05) is 41.9 Å². The molecule has 0 aliphatic carbocycles. The number of urea groups is 1. The van der Waals surface area contributed by atoms with Crippen LogP contribution in [0.5, 0.6) is 5.75 Å². The molecular formula is C24H29ClN4O4. The molecular weight excluding hydrogens is 444 g/mol. The summed E-state index contributed by atoms with van der Waals surface area (Å²) in [6.07, 6.45) is 0.488. The summed E-state index contributed by atoms with van der Waals surface area (Å²) in [5.41, 5.74) is 2.41. The molecule has 3 amide bonds. The molecule has 8 nitrogen and oxygen atoms in total. The first-order valence-electron chi connectivity index (χ1n) is 10.8. The lowest BCUT2D eigenvalue weighted by Gasteiger charge is -2.27. The van der Waals surface area contributed by atoms with Crippen LogP contribution >= 0.6 is 11.6 Å². The summed E-state index contributed by atoms with van der Waals surface area (Å²) < 4.78 is 10.4. The van der Waals surface area contributed by atoms with Crippen LogP contribution in [0.4, 0.5) is 4.79 Å². The van der Waals surface area contributed by atoms with Crippen LogP contribution in [-0.2, 0) is 9.53 Å². The van der Waals surface area contributed by atoms with Gasteiger partial charge in [0.25, 0.3) is 5.91 Å². The molecule has 1 atom stereocenters. The minimum absolute atomic E-state index is 0.134. The zero-order valence-corrected chi connectivity index (χ0v) is 19.8. The number of nitrogens with one attached hydrogen (secondary N) is 1. The Morgan fingerprint density at radius 3 is 2.70 bits per heavy atom. The molecule has 0 radical (unpaired) electrons. The first kappa shape index (κ1) is 24.5. The second kappa shape index (κ2) is 11.7. The predicted molar refractivity (Wildman–Crippen MR) is 128 cm³/mol. The average Bonchev–Trinajstić information content (AvgIpc) is 3.27. The molecule has 0 bridgehead atoms. The summed E-state index contributed by atoms with van der Waals surface area (Å²) in [5.74, 6) is 0.399. The monoisotopic (exact) mass is 472 g/mol. The fourth-order valence-corrected chi connectivity index (χ4v) is 3.92. The van der Waals surface area contributed by atoms with E-state index in [1.54, 1.807) is 20.3 Å². The largest absolute Gasteiger partial charge is 0.497 e. The smallest absolute Gasteiger partial charge is 0.317 e. The lowest BCUT2D eigenvalue weighted by atomic mass is 9.98. The van der Waals surface area contributed by atoms with Gasteiger partial charge in [-0.25, -0.2) is 9.80 Å². The van der Waals surface area contributed by atoms with Crippen LogP contribution in [-0.4, -0.2) is 68.0 Å². The highest BCUT2D eigenvalue weighted by molar-refractivity contribution is 6.31. The summed E-state index contributed by atoms with van der Waals surface area (Å²) in [7, 11) is 3.16. The van der Waals surface area contributed by atoms with Gasteiger partial charge in [0, 0.05) is 37.2 Å². The zero-order chi connectivity index (χ0) is 23.8. The maximum atomic E-state index is 13.4. The molecule has 2 aromatic rings. The van der Waals surface area contributed by atoms with Gasteiger partial charge in [-0.3, -0.25) is 4.79 Å². The standard InChI is InChI=1S/C24H29ClN4O4/c1-4-26-24(31)28(12-13-32-2)16-23(30)29-22(19-10-5-6-11-20(19)25)15-21(27-29)17-8-7-9-18(14-17)33-3/h5-11,14,22H,4,12-13,15-16H2,1-3H3,(H,26,31)/t22-/m1/s1. The van der Waals surface area contributed by atoms with E-state index in [-0.39, 0.29) is 31.1 Å². The maximum absolute atomic E-state index is 13.4. The Kier molecular flexibility index (Phi) is 8.68. The Hall–Kier alpha value is -3.10. The fourth-order valence-electron chi connectivity index (χ4n) is 3.66. The summed E-state index contributed by atoms with van der Waals surface area (Å²) >= 11 is 6.48. The number of rotatable bonds is 9. The lowest BCUT2D eigenvalue weighted by molar-refractivity contribution is -0.133. The Balaban J connectivity index is 1.92. The highest BCUT2D eigenvalue weighted by atomic mass is 35.5. The maximum Gasteiger partial charge on any atom is 0.317 e. The first-order valence-corrected chi connectivity index (χ1v) is 11.2. The molecule has 9 heteroatoms. The van der Waals surface area contributed by atoms with Crippen LogP contribution in [0.1, 0.15) is 30.5 Å². The number of hydrogen-bond acceptors (Lipinski definition) is 5. The highest BCUT2D eigenvalue weighted by Gasteiger charge is 2.35. The van der Waals surface area contributed by atoms with E-state index in [0.29, 0.717) is 30.3 Å². The van der Waals surface area contributed by atoms with E-state index in [1.165, 1.54) is 9.91 Å². The van der Waals surface area contributed by atoms with Crippen molar-refractivity contribution >= 4 is 29.3 Å². The molecule has 1 aliphatic heterocycles. The molecule has 1 N–H and O–H groups in total. The lowest BCUT2D eigenvalue weighted by Crippen LogP contribution is -2.47. The van der Waals surface area contributed by atoms with Gasteiger partial charge in [0.2, 0.25) is 0 Å².